The quantitative estimate of drug-likeness (QED) is 0.883. The minimum absolute atomic E-state index is 0.143. The maximum Gasteiger partial charge on any atom is 0.153 e. The Morgan fingerprint density at radius 1 is 1.35 bits per heavy atom. The Bertz CT molecular complexity index is 518. The molecule has 1 heterocycles. The lowest BCUT2D eigenvalue weighted by Crippen LogP contribution is -2.02. The van der Waals surface area contributed by atoms with Crippen molar-refractivity contribution in [2.75, 3.05) is 7.11 Å². The maximum atomic E-state index is 5.73. The van der Waals surface area contributed by atoms with Crippen LogP contribution in [-0.4, -0.2) is 12.3 Å². The van der Waals surface area contributed by atoms with Gasteiger partial charge in [0.2, 0.25) is 0 Å². The molecular weight excluding hydrogens is 216 g/mol. The molecule has 2 rings (SSSR count). The molecule has 90 valence electrons. The molecule has 1 aromatic carbocycles. The molecule has 0 aliphatic carbocycles. The predicted octanol–water partition coefficient (Wildman–Crippen LogP) is 2.68. The van der Waals surface area contributed by atoms with Gasteiger partial charge in [-0.3, -0.25) is 0 Å². The second-order valence-electron chi connectivity index (χ2n) is 4.09. The van der Waals surface area contributed by atoms with Crippen LogP contribution < -0.4 is 10.5 Å². The Hall–Kier alpha value is -1.81. The number of benzene rings is 1. The van der Waals surface area contributed by atoms with E-state index in [-0.39, 0.29) is 6.04 Å². The third-order valence-electron chi connectivity index (χ3n) is 2.67. The third kappa shape index (κ3) is 2.31. The molecule has 0 radical (unpaired) electrons. The Kier molecular flexibility index (Phi) is 3.15. The zero-order chi connectivity index (χ0) is 12.4. The van der Waals surface area contributed by atoms with E-state index in [4.69, 9.17) is 15.0 Å². The van der Waals surface area contributed by atoms with E-state index in [9.17, 15) is 0 Å². The van der Waals surface area contributed by atoms with E-state index in [1.807, 2.05) is 38.1 Å². The standard InChI is InChI=1S/C13H16N2O2/c1-8-6-10(4-5-12(8)16-3)11-7-13(9(2)14)17-15-11/h4-7,9H,14H2,1-3H3. The van der Waals surface area contributed by atoms with Crippen molar-refractivity contribution in [3.05, 3.63) is 35.6 Å². The topological polar surface area (TPSA) is 61.3 Å². The molecule has 1 aromatic heterocycles. The molecule has 1 unspecified atom stereocenters. The minimum atomic E-state index is -0.143. The molecular formula is C13H16N2O2. The van der Waals surface area contributed by atoms with Gasteiger partial charge in [0.15, 0.2) is 5.76 Å². The van der Waals surface area contributed by atoms with E-state index in [0.717, 1.165) is 22.6 Å². The predicted molar refractivity (Wildman–Crippen MR) is 65.8 cm³/mol. The number of rotatable bonds is 3. The van der Waals surface area contributed by atoms with Crippen molar-refractivity contribution in [3.63, 3.8) is 0 Å². The lowest BCUT2D eigenvalue weighted by molar-refractivity contribution is 0.369. The zero-order valence-corrected chi connectivity index (χ0v) is 10.2. The first-order valence-electron chi connectivity index (χ1n) is 5.49. The summed E-state index contributed by atoms with van der Waals surface area (Å²) in [6.07, 6.45) is 0. The summed E-state index contributed by atoms with van der Waals surface area (Å²) in [4.78, 5) is 0. The van der Waals surface area contributed by atoms with Gasteiger partial charge in [-0.2, -0.15) is 0 Å². The van der Waals surface area contributed by atoms with E-state index in [2.05, 4.69) is 5.16 Å². The summed E-state index contributed by atoms with van der Waals surface area (Å²) < 4.78 is 10.4. The summed E-state index contributed by atoms with van der Waals surface area (Å²) in [5.74, 6) is 1.55. The van der Waals surface area contributed by atoms with E-state index in [0.29, 0.717) is 5.76 Å². The molecule has 0 spiro atoms. The van der Waals surface area contributed by atoms with Crippen LogP contribution in [-0.2, 0) is 0 Å². The lowest BCUT2D eigenvalue weighted by Gasteiger charge is -2.05. The Morgan fingerprint density at radius 3 is 2.65 bits per heavy atom. The average molecular weight is 232 g/mol. The van der Waals surface area contributed by atoms with E-state index < -0.39 is 0 Å². The van der Waals surface area contributed by atoms with Gasteiger partial charge in [-0.1, -0.05) is 5.16 Å². The molecule has 0 aliphatic rings. The van der Waals surface area contributed by atoms with Crippen LogP contribution in [0.25, 0.3) is 11.3 Å². The smallest absolute Gasteiger partial charge is 0.153 e. The summed E-state index contributed by atoms with van der Waals surface area (Å²) >= 11 is 0. The molecule has 0 saturated heterocycles. The molecule has 1 atom stereocenters. The van der Waals surface area contributed by atoms with Gasteiger partial charge in [-0.15, -0.1) is 0 Å². The van der Waals surface area contributed by atoms with Gasteiger partial charge in [0.05, 0.1) is 13.2 Å². The zero-order valence-electron chi connectivity index (χ0n) is 10.2. The molecule has 2 N–H and O–H groups in total. The minimum Gasteiger partial charge on any atom is -0.496 e. The van der Waals surface area contributed by atoms with Crippen molar-refractivity contribution in [3.8, 4) is 17.0 Å². The molecule has 0 fully saturated rings. The van der Waals surface area contributed by atoms with Gasteiger partial charge in [0.25, 0.3) is 0 Å². The van der Waals surface area contributed by atoms with Crippen molar-refractivity contribution in [1.82, 2.24) is 5.16 Å². The van der Waals surface area contributed by atoms with Crippen LogP contribution >= 0.6 is 0 Å². The first-order chi connectivity index (χ1) is 8.11. The van der Waals surface area contributed by atoms with Gasteiger partial charge in [0, 0.05) is 11.6 Å². The number of nitrogens with two attached hydrogens (primary N) is 1. The van der Waals surface area contributed by atoms with Crippen LogP contribution in [0.1, 0.15) is 24.3 Å². The normalized spacial score (nSPS) is 12.5. The van der Waals surface area contributed by atoms with Crippen molar-refractivity contribution in [2.45, 2.75) is 19.9 Å². The van der Waals surface area contributed by atoms with Crippen molar-refractivity contribution >= 4 is 0 Å². The third-order valence-corrected chi connectivity index (χ3v) is 2.67. The van der Waals surface area contributed by atoms with Crippen molar-refractivity contribution < 1.29 is 9.26 Å². The van der Waals surface area contributed by atoms with Crippen LogP contribution in [0.5, 0.6) is 5.75 Å². The fourth-order valence-electron chi connectivity index (χ4n) is 1.68. The molecule has 4 heteroatoms. The summed E-state index contributed by atoms with van der Waals surface area (Å²) in [5.41, 5.74) is 8.59. The SMILES string of the molecule is COc1ccc(-c2cc(C(C)N)on2)cc1C. The molecule has 17 heavy (non-hydrogen) atoms. The van der Waals surface area contributed by atoms with Crippen LogP contribution in [0, 0.1) is 6.92 Å². The van der Waals surface area contributed by atoms with Crippen LogP contribution in [0.2, 0.25) is 0 Å². The second kappa shape index (κ2) is 4.59. The summed E-state index contributed by atoms with van der Waals surface area (Å²) in [6.45, 7) is 3.86. The first kappa shape index (κ1) is 11.7. The highest BCUT2D eigenvalue weighted by Crippen LogP contribution is 2.26. The van der Waals surface area contributed by atoms with Gasteiger partial charge in [-0.25, -0.2) is 0 Å². The molecule has 0 amide bonds. The van der Waals surface area contributed by atoms with Crippen molar-refractivity contribution in [2.24, 2.45) is 5.73 Å². The molecule has 4 nitrogen and oxygen atoms in total. The highest BCUT2D eigenvalue weighted by Gasteiger charge is 2.10. The largest absolute Gasteiger partial charge is 0.496 e. The van der Waals surface area contributed by atoms with Gasteiger partial charge < -0.3 is 15.0 Å². The fraction of sp³-hybridized carbons (Fsp3) is 0.308. The fourth-order valence-corrected chi connectivity index (χ4v) is 1.68. The van der Waals surface area contributed by atoms with Crippen molar-refractivity contribution in [1.29, 1.82) is 0 Å². The monoisotopic (exact) mass is 232 g/mol. The Balaban J connectivity index is 2.36. The summed E-state index contributed by atoms with van der Waals surface area (Å²) in [7, 11) is 1.66. The number of methoxy groups -OCH3 is 1. The van der Waals surface area contributed by atoms with Gasteiger partial charge >= 0.3 is 0 Å². The lowest BCUT2D eigenvalue weighted by atomic mass is 10.1. The number of aryl methyl sites for hydroxylation is 1. The van der Waals surface area contributed by atoms with Crippen LogP contribution in [0.15, 0.2) is 28.8 Å². The second-order valence-corrected chi connectivity index (χ2v) is 4.09. The average Bonchev–Trinajstić information content (AvgIpc) is 2.78. The molecule has 0 bridgehead atoms. The number of ether oxygens (including phenoxy) is 1. The molecule has 0 aliphatic heterocycles. The van der Waals surface area contributed by atoms with Crippen LogP contribution in [0.4, 0.5) is 0 Å². The summed E-state index contributed by atoms with van der Waals surface area (Å²) in [6, 6.07) is 7.61. The number of hydrogen-bond acceptors (Lipinski definition) is 4. The highest BCUT2D eigenvalue weighted by molar-refractivity contribution is 5.61. The summed E-state index contributed by atoms with van der Waals surface area (Å²) in [5, 5.41) is 4.01. The number of aromatic nitrogens is 1. The van der Waals surface area contributed by atoms with Gasteiger partial charge in [0.1, 0.15) is 11.4 Å². The maximum absolute atomic E-state index is 5.73. The Labute approximate surface area is 100 Å². The number of hydrogen-bond donors (Lipinski definition) is 1. The van der Waals surface area contributed by atoms with Gasteiger partial charge in [-0.05, 0) is 37.6 Å². The highest BCUT2D eigenvalue weighted by atomic mass is 16.5. The number of nitrogens with zero attached hydrogens (tertiary/aromatic N) is 1. The Morgan fingerprint density at radius 2 is 2.12 bits per heavy atom. The van der Waals surface area contributed by atoms with E-state index in [1.165, 1.54) is 0 Å². The van der Waals surface area contributed by atoms with E-state index in [1.54, 1.807) is 7.11 Å². The molecule has 0 saturated carbocycles. The van der Waals surface area contributed by atoms with Crippen LogP contribution in [0.3, 0.4) is 0 Å². The van der Waals surface area contributed by atoms with E-state index >= 15 is 0 Å². The molecule has 2 aromatic rings. The first-order valence-corrected chi connectivity index (χ1v) is 5.49.